The first-order valence-corrected chi connectivity index (χ1v) is 8.47. The van der Waals surface area contributed by atoms with Crippen LogP contribution in [0.2, 0.25) is 0 Å². The van der Waals surface area contributed by atoms with Gasteiger partial charge in [0.1, 0.15) is 0 Å². The molecule has 0 amide bonds. The summed E-state index contributed by atoms with van der Waals surface area (Å²) in [6.07, 6.45) is 5.89. The number of aliphatic imine (C=N–C) groups is 1. The van der Waals surface area contributed by atoms with E-state index in [2.05, 4.69) is 30.1 Å². The molecule has 1 aromatic rings. The van der Waals surface area contributed by atoms with Crippen molar-refractivity contribution >= 4 is 35.9 Å². The Bertz CT molecular complexity index is 565. The van der Waals surface area contributed by atoms with Crippen LogP contribution in [0.25, 0.3) is 0 Å². The molecule has 24 heavy (non-hydrogen) atoms. The molecule has 136 valence electrons. The second-order valence-electron chi connectivity index (χ2n) is 6.78. The topological polar surface area (TPSA) is 60.7 Å². The van der Waals surface area contributed by atoms with Gasteiger partial charge in [-0.25, -0.2) is 4.98 Å². The second kappa shape index (κ2) is 8.37. The van der Waals surface area contributed by atoms with Crippen LogP contribution in [0.3, 0.4) is 0 Å². The average molecular weight is 447 g/mol. The maximum atomic E-state index is 4.44. The third-order valence-electron chi connectivity index (χ3n) is 4.74. The van der Waals surface area contributed by atoms with Gasteiger partial charge in [0.25, 0.3) is 0 Å². The number of imidazole rings is 1. The molecule has 2 aliphatic rings. The van der Waals surface area contributed by atoms with Crippen LogP contribution in [0.4, 0.5) is 5.95 Å². The van der Waals surface area contributed by atoms with Gasteiger partial charge in [0.2, 0.25) is 5.95 Å². The zero-order valence-electron chi connectivity index (χ0n) is 15.1. The van der Waals surface area contributed by atoms with E-state index < -0.39 is 0 Å². The molecule has 1 aromatic heterocycles. The van der Waals surface area contributed by atoms with Crippen LogP contribution in [0.1, 0.15) is 25.0 Å². The Labute approximate surface area is 161 Å². The molecule has 0 spiro atoms. The lowest BCUT2D eigenvalue weighted by molar-refractivity contribution is 0.321. The van der Waals surface area contributed by atoms with Crippen LogP contribution >= 0.6 is 24.0 Å². The van der Waals surface area contributed by atoms with Crippen LogP contribution in [0, 0.1) is 0 Å². The maximum absolute atomic E-state index is 4.44. The Morgan fingerprint density at radius 3 is 2.71 bits per heavy atom. The van der Waals surface area contributed by atoms with E-state index in [9.17, 15) is 0 Å². The molecular weight excluding hydrogens is 417 g/mol. The van der Waals surface area contributed by atoms with Crippen LogP contribution in [-0.2, 0) is 13.6 Å². The van der Waals surface area contributed by atoms with Gasteiger partial charge < -0.3 is 20.1 Å². The Morgan fingerprint density at radius 2 is 2.12 bits per heavy atom. The lowest BCUT2D eigenvalue weighted by Crippen LogP contribution is -2.44. The fourth-order valence-electron chi connectivity index (χ4n) is 3.25. The molecule has 1 aliphatic carbocycles. The van der Waals surface area contributed by atoms with Crippen molar-refractivity contribution in [2.45, 2.75) is 37.9 Å². The normalized spacial score (nSPS) is 21.5. The zero-order chi connectivity index (χ0) is 16.4. The summed E-state index contributed by atoms with van der Waals surface area (Å²) in [5, 5.41) is 6.96. The van der Waals surface area contributed by atoms with Gasteiger partial charge in [-0.1, -0.05) is 0 Å². The predicted molar refractivity (Wildman–Crippen MR) is 109 cm³/mol. The predicted octanol–water partition coefficient (Wildman–Crippen LogP) is 1.01. The first-order chi connectivity index (χ1) is 11.1. The van der Waals surface area contributed by atoms with E-state index in [1.165, 1.54) is 25.8 Å². The summed E-state index contributed by atoms with van der Waals surface area (Å²) in [7, 11) is 7.88. The molecule has 3 rings (SSSR count). The summed E-state index contributed by atoms with van der Waals surface area (Å²) in [4.78, 5) is 13.4. The number of likely N-dealkylation sites (tertiary alicyclic amines) is 1. The molecule has 1 atom stereocenters. The largest absolute Gasteiger partial charge is 0.352 e. The molecule has 2 fully saturated rings. The fourth-order valence-corrected chi connectivity index (χ4v) is 3.25. The van der Waals surface area contributed by atoms with Crippen molar-refractivity contribution in [2.75, 3.05) is 39.1 Å². The maximum Gasteiger partial charge on any atom is 0.204 e. The molecule has 1 unspecified atom stereocenters. The van der Waals surface area contributed by atoms with Crippen molar-refractivity contribution in [3.05, 3.63) is 11.9 Å². The molecule has 8 heteroatoms. The third-order valence-corrected chi connectivity index (χ3v) is 4.74. The number of nitrogens with zero attached hydrogens (tertiary/aromatic N) is 5. The van der Waals surface area contributed by atoms with Gasteiger partial charge in [-0.2, -0.15) is 0 Å². The minimum absolute atomic E-state index is 0. The van der Waals surface area contributed by atoms with E-state index in [0.717, 1.165) is 36.7 Å². The smallest absolute Gasteiger partial charge is 0.204 e. The fraction of sp³-hybridized carbons (Fsp3) is 0.750. The number of anilines is 1. The molecular formula is C16H30IN7. The summed E-state index contributed by atoms with van der Waals surface area (Å²) in [6, 6.07) is 1.36. The Morgan fingerprint density at radius 1 is 1.38 bits per heavy atom. The van der Waals surface area contributed by atoms with Crippen molar-refractivity contribution < 1.29 is 0 Å². The average Bonchev–Trinajstić information content (AvgIpc) is 3.16. The van der Waals surface area contributed by atoms with Crippen molar-refractivity contribution in [2.24, 2.45) is 12.0 Å². The lowest BCUT2D eigenvalue weighted by atomic mass is 10.3. The third kappa shape index (κ3) is 4.53. The second-order valence-corrected chi connectivity index (χ2v) is 6.78. The molecule has 7 nitrogen and oxygen atoms in total. The number of halogens is 1. The summed E-state index contributed by atoms with van der Waals surface area (Å²) < 4.78 is 2.10. The van der Waals surface area contributed by atoms with Crippen LogP contribution in [0.15, 0.2) is 11.2 Å². The molecule has 2 heterocycles. The van der Waals surface area contributed by atoms with E-state index in [0.29, 0.717) is 6.04 Å². The van der Waals surface area contributed by atoms with E-state index in [4.69, 9.17) is 0 Å². The summed E-state index contributed by atoms with van der Waals surface area (Å²) >= 11 is 0. The first kappa shape index (κ1) is 19.3. The highest BCUT2D eigenvalue weighted by Gasteiger charge is 2.34. The van der Waals surface area contributed by atoms with Gasteiger partial charge in [-0.15, -0.1) is 24.0 Å². The summed E-state index contributed by atoms with van der Waals surface area (Å²) in [5.41, 5.74) is 1.14. The van der Waals surface area contributed by atoms with E-state index in [1.54, 1.807) is 0 Å². The highest BCUT2D eigenvalue weighted by Crippen LogP contribution is 2.29. The number of hydrogen-bond donors (Lipinski definition) is 2. The number of rotatable bonds is 5. The molecule has 0 bridgehead atoms. The van der Waals surface area contributed by atoms with Crippen LogP contribution < -0.4 is 15.5 Å². The highest BCUT2D eigenvalue weighted by atomic mass is 127. The summed E-state index contributed by atoms with van der Waals surface area (Å²) in [5.74, 6) is 1.83. The Balaban J connectivity index is 0.00000208. The Hall–Kier alpha value is -1.03. The molecule has 1 saturated carbocycles. The number of nitrogens with one attached hydrogen (secondary N) is 2. The molecule has 2 N–H and O–H groups in total. The molecule has 1 saturated heterocycles. The minimum atomic E-state index is 0. The van der Waals surface area contributed by atoms with Crippen molar-refractivity contribution in [1.82, 2.24) is 25.1 Å². The van der Waals surface area contributed by atoms with Gasteiger partial charge in [0.15, 0.2) is 5.96 Å². The van der Waals surface area contributed by atoms with E-state index in [-0.39, 0.29) is 24.0 Å². The minimum Gasteiger partial charge on any atom is -0.352 e. The summed E-state index contributed by atoms with van der Waals surface area (Å²) in [6.45, 7) is 3.07. The Kier molecular flexibility index (Phi) is 6.73. The van der Waals surface area contributed by atoms with Gasteiger partial charge >= 0.3 is 0 Å². The monoisotopic (exact) mass is 447 g/mol. The molecule has 0 radical (unpaired) electrons. The standard InChI is InChI=1S/C16H29N7.HI/c1-17-15(20-12-7-8-23(11-12)13-5-6-13)18-9-14-10-19-16(21(2)3)22(14)4;/h10,12-13H,5-9,11H2,1-4H3,(H2,17,18,20);1H. The van der Waals surface area contributed by atoms with Crippen molar-refractivity contribution in [3.8, 4) is 0 Å². The zero-order valence-corrected chi connectivity index (χ0v) is 17.4. The molecule has 1 aliphatic heterocycles. The lowest BCUT2D eigenvalue weighted by Gasteiger charge is -2.19. The van der Waals surface area contributed by atoms with Gasteiger partial charge in [-0.05, 0) is 19.3 Å². The first-order valence-electron chi connectivity index (χ1n) is 8.47. The van der Waals surface area contributed by atoms with Crippen LogP contribution in [-0.4, -0.2) is 66.7 Å². The van der Waals surface area contributed by atoms with Gasteiger partial charge in [0, 0.05) is 53.4 Å². The van der Waals surface area contributed by atoms with E-state index in [1.807, 2.05) is 39.3 Å². The number of aromatic nitrogens is 2. The SMILES string of the molecule is CN=C(NCc1cnc(N(C)C)n1C)NC1CCN(C2CC2)C1.I. The number of guanidine groups is 1. The quantitative estimate of drug-likeness (QED) is 0.401. The van der Waals surface area contributed by atoms with E-state index >= 15 is 0 Å². The van der Waals surface area contributed by atoms with Crippen molar-refractivity contribution in [1.29, 1.82) is 0 Å². The number of hydrogen-bond acceptors (Lipinski definition) is 4. The van der Waals surface area contributed by atoms with Crippen LogP contribution in [0.5, 0.6) is 0 Å². The van der Waals surface area contributed by atoms with Crippen molar-refractivity contribution in [3.63, 3.8) is 0 Å². The molecule has 0 aromatic carbocycles. The van der Waals surface area contributed by atoms with Gasteiger partial charge in [0.05, 0.1) is 18.4 Å². The van der Waals surface area contributed by atoms with Gasteiger partial charge in [-0.3, -0.25) is 9.89 Å². The highest BCUT2D eigenvalue weighted by molar-refractivity contribution is 14.0.